The van der Waals surface area contributed by atoms with Crippen molar-refractivity contribution in [3.63, 3.8) is 0 Å². The van der Waals surface area contributed by atoms with Crippen molar-refractivity contribution in [1.29, 1.82) is 0 Å². The van der Waals surface area contributed by atoms with Crippen molar-refractivity contribution in [3.05, 3.63) is 57.1 Å². The Kier molecular flexibility index (Phi) is 5.03. The van der Waals surface area contributed by atoms with E-state index in [9.17, 15) is 10.1 Å². The second-order valence-electron chi connectivity index (χ2n) is 3.97. The van der Waals surface area contributed by atoms with Gasteiger partial charge in [-0.3, -0.25) is 10.1 Å². The Labute approximate surface area is 129 Å². The van der Waals surface area contributed by atoms with E-state index in [4.69, 9.17) is 0 Å². The number of benzene rings is 2. The van der Waals surface area contributed by atoms with Crippen molar-refractivity contribution < 1.29 is 4.92 Å². The minimum Gasteiger partial charge on any atom is -0.380 e. The van der Waals surface area contributed by atoms with Crippen LogP contribution < -0.4 is 5.32 Å². The third-order valence-corrected chi connectivity index (χ3v) is 4.68. The largest absolute Gasteiger partial charge is 0.380 e. The molecule has 4 nitrogen and oxygen atoms in total. The Morgan fingerprint density at radius 2 is 1.90 bits per heavy atom. The number of hydrogen-bond donors (Lipinski definition) is 1. The second kappa shape index (κ2) is 6.76. The predicted molar refractivity (Wildman–Crippen MR) is 85.5 cm³/mol. The fourth-order valence-electron chi connectivity index (χ4n) is 1.77. The molecule has 0 radical (unpaired) electrons. The normalized spacial score (nSPS) is 10.3. The molecule has 0 aliphatic rings. The third kappa shape index (κ3) is 3.32. The van der Waals surface area contributed by atoms with Gasteiger partial charge in [0.1, 0.15) is 5.69 Å². The standard InChI is InChI=1S/C14H13BrN2O2S/c1-2-16-11-7-5-9-13(14(11)17(18)19)20-12-8-4-3-6-10(12)15/h3-9,16H,2H2,1H3. The highest BCUT2D eigenvalue weighted by Crippen LogP contribution is 2.41. The lowest BCUT2D eigenvalue weighted by Crippen LogP contribution is -2.02. The average Bonchev–Trinajstić information content (AvgIpc) is 2.41. The van der Waals surface area contributed by atoms with Gasteiger partial charge in [0.05, 0.1) is 9.82 Å². The molecule has 0 atom stereocenters. The molecule has 0 saturated carbocycles. The number of nitro benzene ring substituents is 1. The molecule has 2 aromatic rings. The summed E-state index contributed by atoms with van der Waals surface area (Å²) in [6.45, 7) is 2.56. The topological polar surface area (TPSA) is 55.2 Å². The first kappa shape index (κ1) is 14.9. The van der Waals surface area contributed by atoms with Crippen LogP contribution in [0.2, 0.25) is 0 Å². The molecule has 1 N–H and O–H groups in total. The van der Waals surface area contributed by atoms with Crippen LogP contribution in [-0.4, -0.2) is 11.5 Å². The summed E-state index contributed by atoms with van der Waals surface area (Å²) in [5, 5.41) is 14.4. The molecule has 0 amide bonds. The SMILES string of the molecule is CCNc1cccc(Sc2ccccc2Br)c1[N+](=O)[O-]. The van der Waals surface area contributed by atoms with Crippen LogP contribution in [0.4, 0.5) is 11.4 Å². The van der Waals surface area contributed by atoms with E-state index in [1.54, 1.807) is 12.1 Å². The summed E-state index contributed by atoms with van der Waals surface area (Å²) in [5.41, 5.74) is 0.671. The first-order chi connectivity index (χ1) is 9.63. The molecular weight excluding hydrogens is 340 g/mol. The Bertz CT molecular complexity index is 634. The lowest BCUT2D eigenvalue weighted by atomic mass is 10.2. The van der Waals surface area contributed by atoms with Crippen LogP contribution in [0.25, 0.3) is 0 Å². The van der Waals surface area contributed by atoms with Crippen molar-refractivity contribution in [1.82, 2.24) is 0 Å². The van der Waals surface area contributed by atoms with Gasteiger partial charge < -0.3 is 5.32 Å². The number of rotatable bonds is 5. The van der Waals surface area contributed by atoms with Crippen molar-refractivity contribution in [2.75, 3.05) is 11.9 Å². The molecule has 2 rings (SSSR count). The molecule has 0 saturated heterocycles. The minimum absolute atomic E-state index is 0.120. The van der Waals surface area contributed by atoms with E-state index in [-0.39, 0.29) is 10.6 Å². The zero-order valence-electron chi connectivity index (χ0n) is 10.8. The van der Waals surface area contributed by atoms with Crippen molar-refractivity contribution in [2.45, 2.75) is 16.7 Å². The van der Waals surface area contributed by atoms with E-state index >= 15 is 0 Å². The Hall–Kier alpha value is -1.53. The molecule has 0 bridgehead atoms. The summed E-state index contributed by atoms with van der Waals surface area (Å²) in [5.74, 6) is 0. The summed E-state index contributed by atoms with van der Waals surface area (Å²) in [6.07, 6.45) is 0. The molecule has 2 aromatic carbocycles. The van der Waals surface area contributed by atoms with Crippen molar-refractivity contribution in [3.8, 4) is 0 Å². The number of anilines is 1. The zero-order chi connectivity index (χ0) is 14.5. The zero-order valence-corrected chi connectivity index (χ0v) is 13.2. The van der Waals surface area contributed by atoms with Gasteiger partial charge >= 0.3 is 5.69 Å². The van der Waals surface area contributed by atoms with E-state index in [1.165, 1.54) is 11.8 Å². The maximum Gasteiger partial charge on any atom is 0.306 e. The maximum atomic E-state index is 11.3. The van der Waals surface area contributed by atoms with Gasteiger partial charge in [-0.1, -0.05) is 30.0 Å². The number of nitro groups is 1. The summed E-state index contributed by atoms with van der Waals surface area (Å²) >= 11 is 4.84. The number of hydrogen-bond acceptors (Lipinski definition) is 4. The van der Waals surface area contributed by atoms with E-state index in [2.05, 4.69) is 21.2 Å². The van der Waals surface area contributed by atoms with Crippen LogP contribution in [0.1, 0.15) is 6.92 Å². The van der Waals surface area contributed by atoms with Crippen LogP contribution >= 0.6 is 27.7 Å². The molecule has 0 unspecified atom stereocenters. The number of para-hydroxylation sites is 1. The molecular formula is C14H13BrN2O2S. The molecule has 104 valence electrons. The van der Waals surface area contributed by atoms with Crippen molar-refractivity contribution in [2.24, 2.45) is 0 Å². The van der Waals surface area contributed by atoms with Crippen molar-refractivity contribution >= 4 is 39.1 Å². The molecule has 6 heteroatoms. The molecule has 0 heterocycles. The molecule has 0 fully saturated rings. The van der Waals surface area contributed by atoms with Gasteiger partial charge in [0.15, 0.2) is 0 Å². The van der Waals surface area contributed by atoms with Crippen LogP contribution in [-0.2, 0) is 0 Å². The smallest absolute Gasteiger partial charge is 0.306 e. The van der Waals surface area contributed by atoms with Gasteiger partial charge in [0.2, 0.25) is 0 Å². The molecule has 0 aromatic heterocycles. The minimum atomic E-state index is -0.336. The highest BCUT2D eigenvalue weighted by molar-refractivity contribution is 9.10. The maximum absolute atomic E-state index is 11.3. The van der Waals surface area contributed by atoms with E-state index in [0.29, 0.717) is 17.1 Å². The van der Waals surface area contributed by atoms with Crippen LogP contribution in [0.5, 0.6) is 0 Å². The summed E-state index contributed by atoms with van der Waals surface area (Å²) in [7, 11) is 0. The van der Waals surface area contributed by atoms with Crippen LogP contribution in [0.3, 0.4) is 0 Å². The van der Waals surface area contributed by atoms with Gasteiger partial charge in [-0.25, -0.2) is 0 Å². The Morgan fingerprint density at radius 3 is 2.55 bits per heavy atom. The average molecular weight is 353 g/mol. The van der Waals surface area contributed by atoms with E-state index in [1.807, 2.05) is 37.3 Å². The third-order valence-electron chi connectivity index (χ3n) is 2.61. The first-order valence-corrected chi connectivity index (χ1v) is 7.68. The number of halogens is 1. The quantitative estimate of drug-likeness (QED) is 0.611. The van der Waals surface area contributed by atoms with Gasteiger partial charge in [0.25, 0.3) is 0 Å². The van der Waals surface area contributed by atoms with Crippen LogP contribution in [0, 0.1) is 10.1 Å². The monoisotopic (exact) mass is 352 g/mol. The number of nitrogens with one attached hydrogen (secondary N) is 1. The Morgan fingerprint density at radius 1 is 1.20 bits per heavy atom. The first-order valence-electron chi connectivity index (χ1n) is 6.07. The fraction of sp³-hybridized carbons (Fsp3) is 0.143. The van der Waals surface area contributed by atoms with E-state index in [0.717, 1.165) is 9.37 Å². The van der Waals surface area contributed by atoms with Gasteiger partial charge in [-0.15, -0.1) is 0 Å². The summed E-state index contributed by atoms with van der Waals surface area (Å²) < 4.78 is 0.924. The fourth-order valence-corrected chi connectivity index (χ4v) is 3.28. The lowest BCUT2D eigenvalue weighted by Gasteiger charge is -2.09. The highest BCUT2D eigenvalue weighted by Gasteiger charge is 2.20. The molecule has 0 aliphatic heterocycles. The summed E-state index contributed by atoms with van der Waals surface area (Å²) in [4.78, 5) is 12.6. The second-order valence-corrected chi connectivity index (χ2v) is 5.91. The predicted octanol–water partition coefficient (Wildman–Crippen LogP) is 4.94. The van der Waals surface area contributed by atoms with Gasteiger partial charge in [-0.2, -0.15) is 0 Å². The van der Waals surface area contributed by atoms with Gasteiger partial charge in [-0.05, 0) is 47.1 Å². The highest BCUT2D eigenvalue weighted by atomic mass is 79.9. The molecule has 0 spiro atoms. The lowest BCUT2D eigenvalue weighted by molar-refractivity contribution is -0.386. The van der Waals surface area contributed by atoms with Crippen LogP contribution in [0.15, 0.2) is 56.7 Å². The Balaban J connectivity index is 2.44. The van der Waals surface area contributed by atoms with E-state index < -0.39 is 0 Å². The molecule has 0 aliphatic carbocycles. The van der Waals surface area contributed by atoms with Gasteiger partial charge in [0, 0.05) is 15.9 Å². The number of nitrogens with zero attached hydrogens (tertiary/aromatic N) is 1. The summed E-state index contributed by atoms with van der Waals surface area (Å²) in [6, 6.07) is 13.0. The molecule has 20 heavy (non-hydrogen) atoms.